The van der Waals surface area contributed by atoms with Crippen LogP contribution in [0.1, 0.15) is 11.1 Å². The number of hydrogen-bond donors (Lipinski definition) is 2. The second-order valence-electron chi connectivity index (χ2n) is 4.42. The Balaban J connectivity index is 1.96. The van der Waals surface area contributed by atoms with Gasteiger partial charge >= 0.3 is 0 Å². The monoisotopic (exact) mass is 257 g/mol. The number of nitrogens with two attached hydrogens (primary N) is 1. The molecule has 4 nitrogen and oxygen atoms in total. The third-order valence-corrected chi connectivity index (χ3v) is 2.98. The van der Waals surface area contributed by atoms with Crippen molar-refractivity contribution in [1.29, 1.82) is 0 Å². The zero-order chi connectivity index (χ0) is 13.7. The summed E-state index contributed by atoms with van der Waals surface area (Å²) in [6.07, 6.45) is 2.55. The van der Waals surface area contributed by atoms with E-state index in [9.17, 15) is 0 Å². The first-order chi connectivity index (χ1) is 9.20. The molecule has 0 aliphatic carbocycles. The maximum atomic E-state index is 5.68. The summed E-state index contributed by atoms with van der Waals surface area (Å²) in [4.78, 5) is 4.28. The number of benzene rings is 1. The number of rotatable bonds is 5. The maximum Gasteiger partial charge on any atom is 0.129 e. The van der Waals surface area contributed by atoms with Gasteiger partial charge in [-0.1, -0.05) is 18.2 Å². The lowest BCUT2D eigenvalue weighted by atomic mass is 10.1. The van der Waals surface area contributed by atoms with Gasteiger partial charge in [0.05, 0.1) is 19.0 Å². The molecule has 1 aromatic carbocycles. The average molecular weight is 257 g/mol. The number of pyridine rings is 1. The Morgan fingerprint density at radius 2 is 2.11 bits per heavy atom. The van der Waals surface area contributed by atoms with Crippen LogP contribution in [-0.2, 0) is 6.42 Å². The molecular weight excluding hydrogens is 238 g/mol. The van der Waals surface area contributed by atoms with Gasteiger partial charge in [0.15, 0.2) is 0 Å². The summed E-state index contributed by atoms with van der Waals surface area (Å²) in [5.74, 6) is 1.80. The standard InChI is InChI=1S/C15H19N3O/c1-11-9-13(16)10-18-15(11)17-8-7-12-5-3-4-6-14(12)19-2/h3-6,9-10H,7-8,16H2,1-2H3,(H,17,18). The van der Waals surface area contributed by atoms with Crippen molar-refractivity contribution < 1.29 is 4.74 Å². The molecule has 0 saturated carbocycles. The zero-order valence-electron chi connectivity index (χ0n) is 11.3. The van der Waals surface area contributed by atoms with Gasteiger partial charge in [-0.25, -0.2) is 4.98 Å². The van der Waals surface area contributed by atoms with Crippen molar-refractivity contribution in [3.63, 3.8) is 0 Å². The summed E-state index contributed by atoms with van der Waals surface area (Å²) in [6.45, 7) is 2.80. The Bertz CT molecular complexity index is 555. The smallest absolute Gasteiger partial charge is 0.129 e. The minimum atomic E-state index is 0.688. The number of aromatic nitrogens is 1. The Morgan fingerprint density at radius 1 is 1.32 bits per heavy atom. The fraction of sp³-hybridized carbons (Fsp3) is 0.267. The van der Waals surface area contributed by atoms with Crippen LogP contribution in [0.4, 0.5) is 11.5 Å². The summed E-state index contributed by atoms with van der Waals surface area (Å²) in [6, 6.07) is 9.95. The molecule has 0 amide bonds. The number of anilines is 2. The largest absolute Gasteiger partial charge is 0.496 e. The Hall–Kier alpha value is -2.23. The van der Waals surface area contributed by atoms with E-state index >= 15 is 0 Å². The number of para-hydroxylation sites is 1. The van der Waals surface area contributed by atoms with Crippen LogP contribution in [0.3, 0.4) is 0 Å². The lowest BCUT2D eigenvalue weighted by Crippen LogP contribution is -2.08. The van der Waals surface area contributed by atoms with Gasteiger partial charge in [-0.3, -0.25) is 0 Å². The van der Waals surface area contributed by atoms with Crippen molar-refractivity contribution in [2.45, 2.75) is 13.3 Å². The predicted molar refractivity (Wildman–Crippen MR) is 78.6 cm³/mol. The molecule has 0 saturated heterocycles. The number of hydrogen-bond acceptors (Lipinski definition) is 4. The number of aryl methyl sites for hydroxylation is 1. The molecule has 1 aromatic heterocycles. The van der Waals surface area contributed by atoms with Crippen molar-refractivity contribution in [3.05, 3.63) is 47.7 Å². The second kappa shape index (κ2) is 6.09. The van der Waals surface area contributed by atoms with Crippen LogP contribution in [0.15, 0.2) is 36.5 Å². The highest BCUT2D eigenvalue weighted by Crippen LogP contribution is 2.18. The van der Waals surface area contributed by atoms with Gasteiger partial charge in [-0.05, 0) is 36.6 Å². The Kier molecular flexibility index (Phi) is 4.23. The van der Waals surface area contributed by atoms with E-state index in [1.165, 1.54) is 5.56 Å². The van der Waals surface area contributed by atoms with Crippen LogP contribution < -0.4 is 15.8 Å². The number of methoxy groups -OCH3 is 1. The van der Waals surface area contributed by atoms with E-state index in [0.29, 0.717) is 5.69 Å². The van der Waals surface area contributed by atoms with Crippen molar-refractivity contribution in [2.75, 3.05) is 24.7 Å². The molecule has 0 fully saturated rings. The van der Waals surface area contributed by atoms with Crippen molar-refractivity contribution >= 4 is 11.5 Å². The fourth-order valence-corrected chi connectivity index (χ4v) is 2.01. The molecule has 0 bridgehead atoms. The van der Waals surface area contributed by atoms with Gasteiger partial charge in [-0.2, -0.15) is 0 Å². The average Bonchev–Trinajstić information content (AvgIpc) is 2.42. The number of nitrogens with zero attached hydrogens (tertiary/aromatic N) is 1. The van der Waals surface area contributed by atoms with Crippen molar-refractivity contribution in [1.82, 2.24) is 4.98 Å². The molecule has 100 valence electrons. The number of ether oxygens (including phenoxy) is 1. The Morgan fingerprint density at radius 3 is 2.84 bits per heavy atom. The summed E-state index contributed by atoms with van der Waals surface area (Å²) < 4.78 is 5.33. The van der Waals surface area contributed by atoms with E-state index in [0.717, 1.165) is 30.1 Å². The highest BCUT2D eigenvalue weighted by Gasteiger charge is 2.03. The lowest BCUT2D eigenvalue weighted by molar-refractivity contribution is 0.410. The van der Waals surface area contributed by atoms with Crippen molar-refractivity contribution in [2.24, 2.45) is 0 Å². The minimum absolute atomic E-state index is 0.688. The first-order valence-electron chi connectivity index (χ1n) is 6.28. The van der Waals surface area contributed by atoms with Gasteiger partial charge in [0, 0.05) is 6.54 Å². The summed E-state index contributed by atoms with van der Waals surface area (Å²) in [7, 11) is 1.69. The van der Waals surface area contributed by atoms with Crippen LogP contribution in [-0.4, -0.2) is 18.6 Å². The van der Waals surface area contributed by atoms with Gasteiger partial charge in [0.25, 0.3) is 0 Å². The molecule has 0 unspecified atom stereocenters. The van der Waals surface area contributed by atoms with E-state index in [2.05, 4.69) is 16.4 Å². The third-order valence-electron chi connectivity index (χ3n) is 2.98. The minimum Gasteiger partial charge on any atom is -0.496 e. The van der Waals surface area contributed by atoms with Crippen LogP contribution >= 0.6 is 0 Å². The number of nitrogen functional groups attached to an aromatic ring is 1. The van der Waals surface area contributed by atoms with E-state index in [1.807, 2.05) is 31.2 Å². The molecule has 4 heteroatoms. The fourth-order valence-electron chi connectivity index (χ4n) is 2.01. The highest BCUT2D eigenvalue weighted by molar-refractivity contribution is 5.50. The molecule has 19 heavy (non-hydrogen) atoms. The van der Waals surface area contributed by atoms with E-state index < -0.39 is 0 Å². The third kappa shape index (κ3) is 3.37. The van der Waals surface area contributed by atoms with Crippen LogP contribution in [0, 0.1) is 6.92 Å². The number of nitrogens with one attached hydrogen (secondary N) is 1. The van der Waals surface area contributed by atoms with Crippen molar-refractivity contribution in [3.8, 4) is 5.75 Å². The van der Waals surface area contributed by atoms with Gasteiger partial charge in [0.1, 0.15) is 11.6 Å². The molecule has 0 aliphatic heterocycles. The van der Waals surface area contributed by atoms with Gasteiger partial charge in [0.2, 0.25) is 0 Å². The summed E-state index contributed by atoms with van der Waals surface area (Å²) >= 11 is 0. The second-order valence-corrected chi connectivity index (χ2v) is 4.42. The first-order valence-corrected chi connectivity index (χ1v) is 6.28. The van der Waals surface area contributed by atoms with Crippen LogP contribution in [0.2, 0.25) is 0 Å². The summed E-state index contributed by atoms with van der Waals surface area (Å²) in [5, 5.41) is 3.32. The molecular formula is C15H19N3O. The molecule has 3 N–H and O–H groups in total. The van der Waals surface area contributed by atoms with Crippen LogP contribution in [0.25, 0.3) is 0 Å². The molecule has 0 spiro atoms. The molecule has 0 radical (unpaired) electrons. The van der Waals surface area contributed by atoms with Gasteiger partial charge in [-0.15, -0.1) is 0 Å². The lowest BCUT2D eigenvalue weighted by Gasteiger charge is -2.11. The molecule has 1 heterocycles. The Labute approximate surface area is 113 Å². The van der Waals surface area contributed by atoms with Gasteiger partial charge < -0.3 is 15.8 Å². The molecule has 0 atom stereocenters. The maximum absolute atomic E-state index is 5.68. The molecule has 2 aromatic rings. The zero-order valence-corrected chi connectivity index (χ0v) is 11.3. The first kappa shape index (κ1) is 13.2. The quantitative estimate of drug-likeness (QED) is 0.864. The molecule has 0 aliphatic rings. The summed E-state index contributed by atoms with van der Waals surface area (Å²) in [5.41, 5.74) is 8.61. The van der Waals surface area contributed by atoms with E-state index in [-0.39, 0.29) is 0 Å². The van der Waals surface area contributed by atoms with Crippen LogP contribution in [0.5, 0.6) is 5.75 Å². The SMILES string of the molecule is COc1ccccc1CCNc1ncc(N)cc1C. The normalized spacial score (nSPS) is 10.2. The van der Waals surface area contributed by atoms with E-state index in [4.69, 9.17) is 10.5 Å². The van der Waals surface area contributed by atoms with E-state index in [1.54, 1.807) is 13.3 Å². The molecule has 2 rings (SSSR count). The predicted octanol–water partition coefficient (Wildman–Crippen LogP) is 2.64. The topological polar surface area (TPSA) is 60.2 Å². The highest BCUT2D eigenvalue weighted by atomic mass is 16.5.